The van der Waals surface area contributed by atoms with Gasteiger partial charge in [-0.25, -0.2) is 5.84 Å². The van der Waals surface area contributed by atoms with Gasteiger partial charge < -0.3 is 0 Å². The number of fused-ring (bicyclic) bond motifs is 2. The van der Waals surface area contributed by atoms with E-state index in [1.54, 1.807) is 5.01 Å². The molecule has 0 spiro atoms. The lowest BCUT2D eigenvalue weighted by atomic mass is 10.0. The molecule has 0 fully saturated rings. The van der Waals surface area contributed by atoms with E-state index in [1.165, 1.54) is 11.1 Å². The predicted octanol–water partition coefficient (Wildman–Crippen LogP) is 2.80. The van der Waals surface area contributed by atoms with Gasteiger partial charge >= 0.3 is 0 Å². The van der Waals surface area contributed by atoms with Crippen LogP contribution in [0.25, 0.3) is 0 Å². The fraction of sp³-hybridized carbons (Fsp3) is 0.143. The Morgan fingerprint density at radius 2 is 1.19 bits per heavy atom. The number of nitrogens with zero attached hydrogens (tertiary/aromatic N) is 1. The van der Waals surface area contributed by atoms with E-state index >= 15 is 0 Å². The Morgan fingerprint density at radius 1 is 0.750 bits per heavy atom. The second-order valence-corrected chi connectivity index (χ2v) is 4.13. The summed E-state index contributed by atoms with van der Waals surface area (Å²) in [5, 5.41) is 1.80. The summed E-state index contributed by atoms with van der Waals surface area (Å²) in [6.07, 6.45) is 2.11. The van der Waals surface area contributed by atoms with E-state index in [0.29, 0.717) is 0 Å². The van der Waals surface area contributed by atoms with E-state index in [0.717, 1.165) is 24.2 Å². The average Bonchev–Trinajstić information content (AvgIpc) is 2.49. The third-order valence-electron chi connectivity index (χ3n) is 3.17. The standard InChI is InChI=1S/C14H14N2/c15-16-13-7-3-1-5-11(13)9-10-12-6-2-4-8-14(12)16/h1-8H,9-10,15H2. The van der Waals surface area contributed by atoms with E-state index in [1.807, 2.05) is 12.1 Å². The van der Waals surface area contributed by atoms with Crippen LogP contribution in [0.3, 0.4) is 0 Å². The lowest BCUT2D eigenvalue weighted by Gasteiger charge is -2.20. The van der Waals surface area contributed by atoms with Gasteiger partial charge in [0.1, 0.15) is 0 Å². The van der Waals surface area contributed by atoms with Crippen molar-refractivity contribution in [2.45, 2.75) is 12.8 Å². The highest BCUT2D eigenvalue weighted by atomic mass is 15.4. The van der Waals surface area contributed by atoms with Crippen molar-refractivity contribution in [3.05, 3.63) is 59.7 Å². The topological polar surface area (TPSA) is 29.3 Å². The van der Waals surface area contributed by atoms with Crippen molar-refractivity contribution in [3.8, 4) is 0 Å². The second kappa shape index (κ2) is 3.65. The number of benzene rings is 2. The van der Waals surface area contributed by atoms with E-state index in [4.69, 9.17) is 5.84 Å². The first-order chi connectivity index (χ1) is 7.86. The van der Waals surface area contributed by atoms with Crippen molar-refractivity contribution in [2.75, 3.05) is 5.01 Å². The minimum atomic E-state index is 1.06. The summed E-state index contributed by atoms with van der Waals surface area (Å²) in [5.74, 6) is 6.19. The van der Waals surface area contributed by atoms with E-state index < -0.39 is 0 Å². The van der Waals surface area contributed by atoms with Gasteiger partial charge in [0.05, 0.1) is 11.4 Å². The molecule has 0 saturated heterocycles. The van der Waals surface area contributed by atoms with Gasteiger partial charge in [-0.05, 0) is 36.1 Å². The molecular weight excluding hydrogens is 196 g/mol. The Kier molecular flexibility index (Phi) is 2.15. The SMILES string of the molecule is NN1c2ccccc2CCc2ccccc21. The van der Waals surface area contributed by atoms with Crippen LogP contribution in [0.1, 0.15) is 11.1 Å². The van der Waals surface area contributed by atoms with Gasteiger partial charge in [0.25, 0.3) is 0 Å². The highest BCUT2D eigenvalue weighted by Gasteiger charge is 2.16. The van der Waals surface area contributed by atoms with Crippen LogP contribution in [-0.2, 0) is 12.8 Å². The maximum absolute atomic E-state index is 6.19. The first-order valence-electron chi connectivity index (χ1n) is 5.57. The number of anilines is 2. The monoisotopic (exact) mass is 210 g/mol. The summed E-state index contributed by atoms with van der Waals surface area (Å²) in [7, 11) is 0. The molecule has 2 heteroatoms. The first-order valence-corrected chi connectivity index (χ1v) is 5.57. The molecule has 0 unspecified atom stereocenters. The minimum absolute atomic E-state index is 1.06. The smallest absolute Gasteiger partial charge is 0.0607 e. The molecule has 1 heterocycles. The molecule has 2 nitrogen and oxygen atoms in total. The minimum Gasteiger partial charge on any atom is -0.279 e. The highest BCUT2D eigenvalue weighted by Crippen LogP contribution is 2.32. The van der Waals surface area contributed by atoms with Crippen molar-refractivity contribution in [3.63, 3.8) is 0 Å². The lowest BCUT2D eigenvalue weighted by Crippen LogP contribution is -2.25. The molecule has 0 aromatic heterocycles. The predicted molar refractivity (Wildman–Crippen MR) is 66.6 cm³/mol. The number of para-hydroxylation sites is 2. The van der Waals surface area contributed by atoms with Crippen LogP contribution < -0.4 is 10.9 Å². The van der Waals surface area contributed by atoms with E-state index in [-0.39, 0.29) is 0 Å². The van der Waals surface area contributed by atoms with Crippen molar-refractivity contribution >= 4 is 11.4 Å². The molecule has 0 bridgehead atoms. The lowest BCUT2D eigenvalue weighted by molar-refractivity contribution is 0.977. The van der Waals surface area contributed by atoms with Crippen LogP contribution in [0.4, 0.5) is 11.4 Å². The summed E-state index contributed by atoms with van der Waals surface area (Å²) in [4.78, 5) is 0. The molecule has 3 rings (SSSR count). The maximum atomic E-state index is 6.19. The van der Waals surface area contributed by atoms with Crippen LogP contribution in [0.2, 0.25) is 0 Å². The van der Waals surface area contributed by atoms with Gasteiger partial charge in [-0.1, -0.05) is 36.4 Å². The van der Waals surface area contributed by atoms with Gasteiger partial charge in [0, 0.05) is 0 Å². The average molecular weight is 210 g/mol. The fourth-order valence-corrected chi connectivity index (χ4v) is 2.31. The largest absolute Gasteiger partial charge is 0.279 e. The fourth-order valence-electron chi connectivity index (χ4n) is 2.31. The molecule has 80 valence electrons. The molecule has 2 aromatic rings. The molecule has 0 aliphatic carbocycles. The Labute approximate surface area is 95.3 Å². The molecule has 0 atom stereocenters. The zero-order chi connectivity index (χ0) is 11.0. The number of hydrazine groups is 1. The number of hydrogen-bond donors (Lipinski definition) is 1. The molecule has 16 heavy (non-hydrogen) atoms. The van der Waals surface area contributed by atoms with Crippen molar-refractivity contribution in [1.82, 2.24) is 0 Å². The number of nitrogens with two attached hydrogens (primary N) is 1. The number of hydrogen-bond acceptors (Lipinski definition) is 2. The second-order valence-electron chi connectivity index (χ2n) is 4.13. The molecule has 2 aromatic carbocycles. The normalized spacial score (nSPS) is 13.9. The Bertz CT molecular complexity index is 472. The number of rotatable bonds is 0. The summed E-state index contributed by atoms with van der Waals surface area (Å²) < 4.78 is 0. The van der Waals surface area contributed by atoms with E-state index in [9.17, 15) is 0 Å². The van der Waals surface area contributed by atoms with Crippen molar-refractivity contribution in [2.24, 2.45) is 5.84 Å². The highest BCUT2D eigenvalue weighted by molar-refractivity contribution is 5.69. The van der Waals surface area contributed by atoms with Gasteiger partial charge in [0.2, 0.25) is 0 Å². The summed E-state index contributed by atoms with van der Waals surface area (Å²) in [6, 6.07) is 16.7. The molecule has 2 N–H and O–H groups in total. The van der Waals surface area contributed by atoms with E-state index in [2.05, 4.69) is 36.4 Å². The summed E-state index contributed by atoms with van der Waals surface area (Å²) in [5.41, 5.74) is 4.88. The van der Waals surface area contributed by atoms with Crippen molar-refractivity contribution in [1.29, 1.82) is 0 Å². The van der Waals surface area contributed by atoms with Crippen LogP contribution in [0.5, 0.6) is 0 Å². The van der Waals surface area contributed by atoms with Gasteiger partial charge in [-0.15, -0.1) is 0 Å². The number of aryl methyl sites for hydroxylation is 2. The molecule has 1 aliphatic rings. The maximum Gasteiger partial charge on any atom is 0.0607 e. The van der Waals surface area contributed by atoms with Gasteiger partial charge in [-0.3, -0.25) is 5.01 Å². The summed E-state index contributed by atoms with van der Waals surface area (Å²) >= 11 is 0. The van der Waals surface area contributed by atoms with Crippen LogP contribution in [0, 0.1) is 0 Å². The van der Waals surface area contributed by atoms with Crippen molar-refractivity contribution < 1.29 is 0 Å². The third kappa shape index (κ3) is 1.39. The van der Waals surface area contributed by atoms with Crippen LogP contribution in [0.15, 0.2) is 48.5 Å². The molecule has 0 radical (unpaired) electrons. The van der Waals surface area contributed by atoms with Gasteiger partial charge in [-0.2, -0.15) is 0 Å². The molecule has 0 amide bonds. The first kappa shape index (κ1) is 9.43. The molecule has 1 aliphatic heterocycles. The van der Waals surface area contributed by atoms with Gasteiger partial charge in [0.15, 0.2) is 0 Å². The zero-order valence-corrected chi connectivity index (χ0v) is 9.06. The Balaban J connectivity index is 2.18. The quantitative estimate of drug-likeness (QED) is 0.677. The Morgan fingerprint density at radius 3 is 1.69 bits per heavy atom. The molecular formula is C14H14N2. The summed E-state index contributed by atoms with van der Waals surface area (Å²) in [6.45, 7) is 0. The zero-order valence-electron chi connectivity index (χ0n) is 9.06. The van der Waals surface area contributed by atoms with Crippen LogP contribution >= 0.6 is 0 Å². The Hall–Kier alpha value is -1.80. The molecule has 0 saturated carbocycles. The van der Waals surface area contributed by atoms with Crippen LogP contribution in [-0.4, -0.2) is 0 Å². The third-order valence-corrected chi connectivity index (χ3v) is 3.17.